The molecule has 0 saturated carbocycles. The Kier molecular flexibility index (Phi) is 5.89. The minimum absolute atomic E-state index is 0.00188. The molecule has 2 aliphatic rings. The number of aromatic nitrogens is 2. The number of hydrogen-bond donors (Lipinski definition) is 0. The van der Waals surface area contributed by atoms with Gasteiger partial charge in [-0.05, 0) is 56.7 Å². The van der Waals surface area contributed by atoms with Crippen LogP contribution in [0.5, 0.6) is 0 Å². The van der Waals surface area contributed by atoms with Gasteiger partial charge in [-0.1, -0.05) is 42.3 Å². The quantitative estimate of drug-likeness (QED) is 0.423. The Morgan fingerprint density at radius 3 is 2.55 bits per heavy atom. The molecular weight excluding hydrogens is 426 g/mol. The van der Waals surface area contributed by atoms with E-state index in [0.29, 0.717) is 10.9 Å². The van der Waals surface area contributed by atoms with Crippen LogP contribution in [0.3, 0.4) is 0 Å². The lowest BCUT2D eigenvalue weighted by molar-refractivity contribution is -0.128. The lowest BCUT2D eigenvalue weighted by Crippen LogP contribution is -2.33. The smallest absolute Gasteiger partial charge is 0.267 e. The average Bonchev–Trinajstić information content (AvgIpc) is 3.23. The lowest BCUT2D eigenvalue weighted by Gasteiger charge is -2.20. The van der Waals surface area contributed by atoms with E-state index in [-0.39, 0.29) is 11.5 Å². The van der Waals surface area contributed by atoms with Gasteiger partial charge < -0.3 is 4.90 Å². The maximum atomic E-state index is 13.7. The van der Waals surface area contributed by atoms with E-state index in [9.17, 15) is 9.59 Å². The minimum atomic E-state index is -0.00188. The van der Waals surface area contributed by atoms with Crippen LogP contribution < -0.4 is 5.56 Å². The fourth-order valence-corrected chi connectivity index (χ4v) is 6.80. The van der Waals surface area contributed by atoms with Crippen molar-refractivity contribution >= 4 is 39.2 Å². The summed E-state index contributed by atoms with van der Waals surface area (Å²) in [4.78, 5) is 35.6. The predicted octanol–water partition coefficient (Wildman–Crippen LogP) is 4.74. The van der Waals surface area contributed by atoms with Gasteiger partial charge in [-0.25, -0.2) is 4.98 Å². The molecule has 0 spiro atoms. The zero-order valence-electron chi connectivity index (χ0n) is 17.9. The normalized spacial score (nSPS) is 16.5. The van der Waals surface area contributed by atoms with Crippen molar-refractivity contribution in [2.75, 3.05) is 18.8 Å². The van der Waals surface area contributed by atoms with Crippen molar-refractivity contribution in [2.24, 2.45) is 0 Å². The molecular formula is C24H27N3O2S2. The molecule has 0 radical (unpaired) electrons. The summed E-state index contributed by atoms with van der Waals surface area (Å²) >= 11 is 3.04. The summed E-state index contributed by atoms with van der Waals surface area (Å²) in [5, 5.41) is 1.39. The largest absolute Gasteiger partial charge is 0.342 e. The van der Waals surface area contributed by atoms with Gasteiger partial charge in [0.2, 0.25) is 5.91 Å². The Bertz CT molecular complexity index is 1170. The summed E-state index contributed by atoms with van der Waals surface area (Å²) < 4.78 is 1.72. The van der Waals surface area contributed by atoms with E-state index in [1.165, 1.54) is 35.0 Å². The second-order valence-corrected chi connectivity index (χ2v) is 10.5. The van der Waals surface area contributed by atoms with E-state index in [0.717, 1.165) is 66.7 Å². The molecule has 3 heterocycles. The van der Waals surface area contributed by atoms with Crippen molar-refractivity contribution in [3.05, 3.63) is 50.6 Å². The van der Waals surface area contributed by atoms with Gasteiger partial charge in [-0.3, -0.25) is 14.2 Å². The van der Waals surface area contributed by atoms with Gasteiger partial charge in [0.1, 0.15) is 4.83 Å². The molecule has 1 fully saturated rings. The van der Waals surface area contributed by atoms with E-state index < -0.39 is 0 Å². The zero-order valence-corrected chi connectivity index (χ0v) is 19.5. The molecule has 5 rings (SSSR count). The van der Waals surface area contributed by atoms with E-state index in [2.05, 4.69) is 0 Å². The summed E-state index contributed by atoms with van der Waals surface area (Å²) in [6, 6.07) is 7.97. The van der Waals surface area contributed by atoms with Gasteiger partial charge in [-0.15, -0.1) is 11.3 Å². The third-order valence-electron chi connectivity index (χ3n) is 6.28. The number of nitrogens with zero attached hydrogens (tertiary/aromatic N) is 3. The number of benzene rings is 1. The first-order valence-electron chi connectivity index (χ1n) is 11.2. The first kappa shape index (κ1) is 20.8. The first-order valence-corrected chi connectivity index (χ1v) is 13.0. The number of carbonyl (C=O) groups is 1. The SMILES string of the molecule is Cc1ccc(-n2c(SCC(=O)N3CCCCCC3)nc3sc4c(c3c2=O)CCC4)cc1. The van der Waals surface area contributed by atoms with Crippen LogP contribution in [0.4, 0.5) is 0 Å². The number of likely N-dealkylation sites (tertiary alicyclic amines) is 1. The summed E-state index contributed by atoms with van der Waals surface area (Å²) in [6.07, 6.45) is 7.67. The minimum Gasteiger partial charge on any atom is -0.342 e. The summed E-state index contributed by atoms with van der Waals surface area (Å²) in [5.74, 6) is 0.458. The topological polar surface area (TPSA) is 55.2 Å². The number of thiophene rings is 1. The third kappa shape index (κ3) is 4.05. The maximum absolute atomic E-state index is 13.7. The molecule has 0 unspecified atom stereocenters. The van der Waals surface area contributed by atoms with E-state index >= 15 is 0 Å². The molecule has 3 aromatic rings. The van der Waals surface area contributed by atoms with E-state index in [1.54, 1.807) is 15.9 Å². The Morgan fingerprint density at radius 1 is 1.06 bits per heavy atom. The summed E-state index contributed by atoms with van der Waals surface area (Å²) in [6.45, 7) is 3.72. The second-order valence-electron chi connectivity index (χ2n) is 8.49. The molecule has 1 saturated heterocycles. The number of amides is 1. The fourth-order valence-electron chi connectivity index (χ4n) is 4.58. The molecule has 0 bridgehead atoms. The van der Waals surface area contributed by atoms with Crippen molar-refractivity contribution < 1.29 is 4.79 Å². The highest BCUT2D eigenvalue weighted by molar-refractivity contribution is 7.99. The van der Waals surface area contributed by atoms with Crippen LogP contribution in [0.2, 0.25) is 0 Å². The van der Waals surface area contributed by atoms with Crippen LogP contribution in [0.1, 0.15) is 48.1 Å². The molecule has 7 heteroatoms. The number of carbonyl (C=O) groups excluding carboxylic acids is 1. The molecule has 162 valence electrons. The van der Waals surface area contributed by atoms with Gasteiger partial charge in [-0.2, -0.15) is 0 Å². The Morgan fingerprint density at radius 2 is 1.81 bits per heavy atom. The van der Waals surface area contributed by atoms with Gasteiger partial charge in [0.05, 0.1) is 16.8 Å². The molecule has 1 amide bonds. The number of fused-ring (bicyclic) bond motifs is 3. The molecule has 0 atom stereocenters. The van der Waals surface area contributed by atoms with Crippen LogP contribution in [-0.2, 0) is 17.6 Å². The third-order valence-corrected chi connectivity index (χ3v) is 8.39. The Hall–Kier alpha value is -2.12. The second kappa shape index (κ2) is 8.79. The predicted molar refractivity (Wildman–Crippen MR) is 128 cm³/mol. The Labute approximate surface area is 190 Å². The highest BCUT2D eigenvalue weighted by Crippen LogP contribution is 2.36. The monoisotopic (exact) mass is 453 g/mol. The van der Waals surface area contributed by atoms with Crippen LogP contribution in [0.25, 0.3) is 15.9 Å². The van der Waals surface area contributed by atoms with Gasteiger partial charge in [0.25, 0.3) is 5.56 Å². The van der Waals surface area contributed by atoms with Crippen molar-refractivity contribution in [3.63, 3.8) is 0 Å². The maximum Gasteiger partial charge on any atom is 0.267 e. The van der Waals surface area contributed by atoms with Crippen molar-refractivity contribution in [1.82, 2.24) is 14.5 Å². The molecule has 5 nitrogen and oxygen atoms in total. The number of thioether (sulfide) groups is 1. The van der Waals surface area contributed by atoms with Crippen molar-refractivity contribution in [3.8, 4) is 5.69 Å². The van der Waals surface area contributed by atoms with Crippen LogP contribution in [0, 0.1) is 6.92 Å². The molecule has 0 N–H and O–H groups in total. The van der Waals surface area contributed by atoms with Crippen molar-refractivity contribution in [1.29, 1.82) is 0 Å². The lowest BCUT2D eigenvalue weighted by atomic mass is 10.2. The number of rotatable bonds is 4. The number of hydrogen-bond acceptors (Lipinski definition) is 5. The van der Waals surface area contributed by atoms with Gasteiger partial charge >= 0.3 is 0 Å². The summed E-state index contributed by atoms with van der Waals surface area (Å²) in [7, 11) is 0. The molecule has 2 aromatic heterocycles. The first-order chi connectivity index (χ1) is 15.1. The van der Waals surface area contributed by atoms with Gasteiger partial charge in [0.15, 0.2) is 5.16 Å². The molecule has 1 aromatic carbocycles. The standard InChI is InChI=1S/C24H27N3O2S2/c1-16-9-11-17(12-10-16)27-23(29)21-18-7-6-8-19(18)31-22(21)25-24(27)30-15-20(28)26-13-4-2-3-5-14-26/h9-12H,2-8,13-15H2,1H3. The zero-order chi connectivity index (χ0) is 21.4. The molecule has 1 aliphatic carbocycles. The van der Waals surface area contributed by atoms with E-state index in [4.69, 9.17) is 4.98 Å². The highest BCUT2D eigenvalue weighted by atomic mass is 32.2. The summed E-state index contributed by atoms with van der Waals surface area (Å²) in [5.41, 5.74) is 3.15. The van der Waals surface area contributed by atoms with Crippen LogP contribution in [0.15, 0.2) is 34.2 Å². The molecule has 1 aliphatic heterocycles. The van der Waals surface area contributed by atoms with Crippen molar-refractivity contribution in [2.45, 2.75) is 57.0 Å². The van der Waals surface area contributed by atoms with Crippen LogP contribution >= 0.6 is 23.1 Å². The fraction of sp³-hybridized carbons (Fsp3) is 0.458. The van der Waals surface area contributed by atoms with Gasteiger partial charge in [0, 0.05) is 18.0 Å². The van der Waals surface area contributed by atoms with Crippen LogP contribution in [-0.4, -0.2) is 39.2 Å². The number of aryl methyl sites for hydroxylation is 3. The molecule has 31 heavy (non-hydrogen) atoms. The average molecular weight is 454 g/mol. The highest BCUT2D eigenvalue weighted by Gasteiger charge is 2.25. The Balaban J connectivity index is 1.53. The van der Waals surface area contributed by atoms with E-state index in [1.807, 2.05) is 36.1 Å².